The molecular formula is C20H25NO5. The van der Waals surface area contributed by atoms with Crippen molar-refractivity contribution >= 4 is 11.9 Å². The van der Waals surface area contributed by atoms with Gasteiger partial charge in [0.25, 0.3) is 5.91 Å². The van der Waals surface area contributed by atoms with Gasteiger partial charge in [0.1, 0.15) is 11.5 Å². The van der Waals surface area contributed by atoms with E-state index in [1.165, 1.54) is 0 Å². The quantitative estimate of drug-likeness (QED) is 0.633. The van der Waals surface area contributed by atoms with Crippen molar-refractivity contribution in [3.05, 3.63) is 53.0 Å². The molecule has 26 heavy (non-hydrogen) atoms. The molecular weight excluding hydrogens is 334 g/mol. The van der Waals surface area contributed by atoms with Gasteiger partial charge in [-0.1, -0.05) is 26.0 Å². The fourth-order valence-electron chi connectivity index (χ4n) is 2.56. The third-order valence-corrected chi connectivity index (χ3v) is 4.00. The van der Waals surface area contributed by atoms with Gasteiger partial charge in [-0.15, -0.1) is 0 Å². The molecule has 0 unspecified atom stereocenters. The Hall–Kier alpha value is -2.76. The second-order valence-corrected chi connectivity index (χ2v) is 5.94. The van der Waals surface area contributed by atoms with E-state index in [0.717, 1.165) is 29.7 Å². The number of aryl methyl sites for hydroxylation is 2. The van der Waals surface area contributed by atoms with Crippen LogP contribution in [-0.2, 0) is 24.2 Å². The van der Waals surface area contributed by atoms with Crippen molar-refractivity contribution in [3.63, 3.8) is 0 Å². The molecule has 0 aliphatic rings. The summed E-state index contributed by atoms with van der Waals surface area (Å²) in [6.45, 7) is 4.80. The highest BCUT2D eigenvalue weighted by Gasteiger charge is 2.14. The van der Waals surface area contributed by atoms with Crippen LogP contribution in [0.3, 0.4) is 0 Å². The standard InChI is InChI=1S/C20H25NO5/c1-3-15-12-18(26-17(15)4-2)20(24)21-13-14-7-9-16(10-8-14)25-11-5-6-19(22)23/h7-10,12H,3-6,11,13H2,1-2H3,(H,21,24)(H,22,23). The number of hydrogen-bond donors (Lipinski definition) is 2. The zero-order chi connectivity index (χ0) is 18.9. The molecule has 0 radical (unpaired) electrons. The third kappa shape index (κ3) is 5.65. The molecule has 0 saturated heterocycles. The summed E-state index contributed by atoms with van der Waals surface area (Å²) >= 11 is 0. The van der Waals surface area contributed by atoms with E-state index >= 15 is 0 Å². The predicted octanol–water partition coefficient (Wildman–Crippen LogP) is 3.58. The van der Waals surface area contributed by atoms with E-state index in [4.69, 9.17) is 14.3 Å². The average molecular weight is 359 g/mol. The van der Waals surface area contributed by atoms with Crippen LogP contribution in [0, 0.1) is 0 Å². The van der Waals surface area contributed by atoms with E-state index in [0.29, 0.717) is 31.1 Å². The molecule has 1 amide bonds. The number of hydrogen-bond acceptors (Lipinski definition) is 4. The first-order chi connectivity index (χ1) is 12.5. The van der Waals surface area contributed by atoms with Gasteiger partial charge in [0.15, 0.2) is 5.76 Å². The summed E-state index contributed by atoms with van der Waals surface area (Å²) in [6.07, 6.45) is 2.17. The van der Waals surface area contributed by atoms with Crippen LogP contribution in [0.5, 0.6) is 5.75 Å². The van der Waals surface area contributed by atoms with Crippen LogP contribution in [-0.4, -0.2) is 23.6 Å². The minimum atomic E-state index is -0.826. The van der Waals surface area contributed by atoms with Crippen LogP contribution in [0.2, 0.25) is 0 Å². The number of aliphatic carboxylic acids is 1. The summed E-state index contributed by atoms with van der Waals surface area (Å²) in [6, 6.07) is 9.15. The molecule has 140 valence electrons. The monoisotopic (exact) mass is 359 g/mol. The van der Waals surface area contributed by atoms with Crippen LogP contribution >= 0.6 is 0 Å². The summed E-state index contributed by atoms with van der Waals surface area (Å²) in [5.41, 5.74) is 2.01. The highest BCUT2D eigenvalue weighted by Crippen LogP contribution is 2.17. The van der Waals surface area contributed by atoms with Crippen LogP contribution < -0.4 is 10.1 Å². The molecule has 2 aromatic rings. The molecule has 6 nitrogen and oxygen atoms in total. The Morgan fingerprint density at radius 2 is 1.88 bits per heavy atom. The van der Waals surface area contributed by atoms with Crippen LogP contribution in [0.15, 0.2) is 34.7 Å². The Balaban J connectivity index is 1.82. The average Bonchev–Trinajstić information content (AvgIpc) is 3.07. The van der Waals surface area contributed by atoms with Crippen molar-refractivity contribution in [1.29, 1.82) is 0 Å². The van der Waals surface area contributed by atoms with Crippen molar-refractivity contribution in [2.75, 3.05) is 6.61 Å². The summed E-state index contributed by atoms with van der Waals surface area (Å²) in [5, 5.41) is 11.4. The smallest absolute Gasteiger partial charge is 0.303 e. The molecule has 1 aromatic heterocycles. The number of carbonyl (C=O) groups is 2. The number of carboxylic acid groups (broad SMARTS) is 1. The van der Waals surface area contributed by atoms with Gasteiger partial charge >= 0.3 is 5.97 Å². The molecule has 1 aromatic carbocycles. The van der Waals surface area contributed by atoms with E-state index in [-0.39, 0.29) is 12.3 Å². The number of benzene rings is 1. The van der Waals surface area contributed by atoms with Crippen LogP contribution in [0.1, 0.15) is 54.1 Å². The molecule has 1 heterocycles. The lowest BCUT2D eigenvalue weighted by molar-refractivity contribution is -0.137. The summed E-state index contributed by atoms with van der Waals surface area (Å²) < 4.78 is 11.1. The van der Waals surface area contributed by atoms with Crippen molar-refractivity contribution in [3.8, 4) is 5.75 Å². The first kappa shape index (κ1) is 19.6. The molecule has 6 heteroatoms. The summed E-state index contributed by atoms with van der Waals surface area (Å²) in [4.78, 5) is 22.7. The fourth-order valence-corrected chi connectivity index (χ4v) is 2.56. The van der Waals surface area contributed by atoms with Crippen LogP contribution in [0.25, 0.3) is 0 Å². The maximum atomic E-state index is 12.2. The summed E-state index contributed by atoms with van der Waals surface area (Å²) in [7, 11) is 0. The Bertz CT molecular complexity index is 712. The number of nitrogens with one attached hydrogen (secondary N) is 1. The van der Waals surface area contributed by atoms with Gasteiger partial charge in [-0.2, -0.15) is 0 Å². The zero-order valence-corrected chi connectivity index (χ0v) is 15.2. The second-order valence-electron chi connectivity index (χ2n) is 5.94. The number of amides is 1. The number of ether oxygens (including phenoxy) is 1. The first-order valence-electron chi connectivity index (χ1n) is 8.86. The highest BCUT2D eigenvalue weighted by molar-refractivity contribution is 5.91. The number of carbonyl (C=O) groups excluding carboxylic acids is 1. The number of furan rings is 1. The van der Waals surface area contributed by atoms with Gasteiger partial charge < -0.3 is 19.6 Å². The molecule has 2 N–H and O–H groups in total. The Labute approximate surface area is 153 Å². The van der Waals surface area contributed by atoms with E-state index in [2.05, 4.69) is 5.32 Å². The summed E-state index contributed by atoms with van der Waals surface area (Å²) in [5.74, 6) is 0.831. The molecule has 0 spiro atoms. The fraction of sp³-hybridized carbons (Fsp3) is 0.400. The minimum absolute atomic E-state index is 0.0936. The zero-order valence-electron chi connectivity index (χ0n) is 15.2. The van der Waals surface area contributed by atoms with Gasteiger partial charge in [-0.05, 0) is 42.2 Å². The van der Waals surface area contributed by atoms with E-state index < -0.39 is 5.97 Å². The third-order valence-electron chi connectivity index (χ3n) is 4.00. The maximum absolute atomic E-state index is 12.2. The molecule has 2 rings (SSSR count). The topological polar surface area (TPSA) is 88.8 Å². The SMILES string of the molecule is CCc1cc(C(=O)NCc2ccc(OCCCC(=O)O)cc2)oc1CC. The van der Waals surface area contributed by atoms with Crippen molar-refractivity contribution in [1.82, 2.24) is 5.32 Å². The van der Waals surface area contributed by atoms with Gasteiger partial charge in [0.2, 0.25) is 0 Å². The first-order valence-corrected chi connectivity index (χ1v) is 8.86. The van der Waals surface area contributed by atoms with Crippen molar-refractivity contribution in [2.24, 2.45) is 0 Å². The molecule has 0 aliphatic carbocycles. The van der Waals surface area contributed by atoms with E-state index in [9.17, 15) is 9.59 Å². The van der Waals surface area contributed by atoms with Crippen molar-refractivity contribution in [2.45, 2.75) is 46.1 Å². The molecule has 0 bridgehead atoms. The molecule has 0 fully saturated rings. The molecule has 0 atom stereocenters. The van der Waals surface area contributed by atoms with E-state index in [1.54, 1.807) is 12.1 Å². The number of carboxylic acids is 1. The second kappa shape index (κ2) is 9.65. The normalized spacial score (nSPS) is 10.5. The lowest BCUT2D eigenvalue weighted by Gasteiger charge is -2.07. The Morgan fingerprint density at radius 3 is 2.46 bits per heavy atom. The van der Waals surface area contributed by atoms with E-state index in [1.807, 2.05) is 32.0 Å². The van der Waals surface area contributed by atoms with Gasteiger partial charge in [-0.25, -0.2) is 0 Å². The molecule has 0 aliphatic heterocycles. The van der Waals surface area contributed by atoms with Crippen molar-refractivity contribution < 1.29 is 23.8 Å². The van der Waals surface area contributed by atoms with Gasteiger partial charge in [0, 0.05) is 19.4 Å². The molecule has 0 saturated carbocycles. The number of rotatable bonds is 10. The largest absolute Gasteiger partial charge is 0.494 e. The van der Waals surface area contributed by atoms with Gasteiger partial charge in [-0.3, -0.25) is 9.59 Å². The van der Waals surface area contributed by atoms with Crippen LogP contribution in [0.4, 0.5) is 0 Å². The lowest BCUT2D eigenvalue weighted by Crippen LogP contribution is -2.22. The predicted molar refractivity (Wildman–Crippen MR) is 97.4 cm³/mol. The maximum Gasteiger partial charge on any atom is 0.303 e. The Morgan fingerprint density at radius 1 is 1.15 bits per heavy atom. The highest BCUT2D eigenvalue weighted by atomic mass is 16.5. The minimum Gasteiger partial charge on any atom is -0.494 e. The lowest BCUT2D eigenvalue weighted by atomic mass is 10.1. The van der Waals surface area contributed by atoms with Gasteiger partial charge in [0.05, 0.1) is 6.61 Å². The Kier molecular flexibility index (Phi) is 7.26.